The molecule has 0 saturated carbocycles. The fourth-order valence-corrected chi connectivity index (χ4v) is 2.04. The number of hydrogen-bond donors (Lipinski definition) is 2. The van der Waals surface area contributed by atoms with Crippen molar-refractivity contribution in [2.45, 2.75) is 18.6 Å². The first-order chi connectivity index (χ1) is 8.88. The number of alkyl halides is 3. The second-order valence-electron chi connectivity index (χ2n) is 4.60. The van der Waals surface area contributed by atoms with Crippen molar-refractivity contribution in [2.75, 3.05) is 37.8 Å². The van der Waals surface area contributed by atoms with Gasteiger partial charge < -0.3 is 15.5 Å². The van der Waals surface area contributed by atoms with Crippen molar-refractivity contribution in [1.82, 2.24) is 14.9 Å². The van der Waals surface area contributed by atoms with Crippen molar-refractivity contribution in [3.63, 3.8) is 0 Å². The summed E-state index contributed by atoms with van der Waals surface area (Å²) >= 11 is 0. The first-order valence-corrected chi connectivity index (χ1v) is 5.97. The fraction of sp³-hybridized carbons (Fsp3) is 0.636. The highest BCUT2D eigenvalue weighted by Crippen LogP contribution is 2.28. The van der Waals surface area contributed by atoms with E-state index in [1.807, 2.05) is 7.05 Å². The van der Waals surface area contributed by atoms with Crippen LogP contribution < -0.4 is 10.6 Å². The monoisotopic (exact) mass is 275 g/mol. The maximum atomic E-state index is 12.7. The van der Waals surface area contributed by atoms with Crippen LogP contribution in [0.15, 0.2) is 6.07 Å². The Bertz CT molecular complexity index is 448. The summed E-state index contributed by atoms with van der Waals surface area (Å²) in [5.74, 6) is -0.781. The summed E-state index contributed by atoms with van der Waals surface area (Å²) in [6, 6.07) is 1.60. The second kappa shape index (κ2) is 5.20. The van der Waals surface area contributed by atoms with Crippen molar-refractivity contribution in [3.05, 3.63) is 11.9 Å². The Labute approximate surface area is 109 Å². The molecule has 1 unspecified atom stereocenters. The predicted octanol–water partition coefficient (Wildman–Crippen LogP) is 1.65. The minimum atomic E-state index is -4.55. The number of aromatic nitrogens is 2. The van der Waals surface area contributed by atoms with Gasteiger partial charge in [0.15, 0.2) is 0 Å². The third kappa shape index (κ3) is 3.46. The van der Waals surface area contributed by atoms with Gasteiger partial charge in [-0.3, -0.25) is 0 Å². The van der Waals surface area contributed by atoms with Crippen LogP contribution in [0.1, 0.15) is 12.2 Å². The van der Waals surface area contributed by atoms with Crippen LogP contribution in [-0.2, 0) is 6.18 Å². The molecule has 0 aromatic carbocycles. The molecule has 1 aliphatic heterocycles. The summed E-state index contributed by atoms with van der Waals surface area (Å²) in [6.07, 6.45) is -3.66. The molecule has 0 bridgehead atoms. The average molecular weight is 275 g/mol. The highest BCUT2D eigenvalue weighted by atomic mass is 19.4. The zero-order valence-electron chi connectivity index (χ0n) is 10.8. The highest BCUT2D eigenvalue weighted by molar-refractivity contribution is 5.48. The maximum absolute atomic E-state index is 12.7. The van der Waals surface area contributed by atoms with Crippen molar-refractivity contribution in [1.29, 1.82) is 0 Å². The molecule has 19 heavy (non-hydrogen) atoms. The molecule has 1 aromatic heterocycles. The van der Waals surface area contributed by atoms with Crippen LogP contribution in [0.3, 0.4) is 0 Å². The van der Waals surface area contributed by atoms with Gasteiger partial charge in [-0.2, -0.15) is 13.2 Å². The standard InChI is InChI=1S/C11H16F3N5/c1-15-8-5-9(16-7-3-4-19(2)6-7)18-10(17-8)11(12,13)14/h5,7H,3-4,6H2,1-2H3,(H2,15,16,17,18). The van der Waals surface area contributed by atoms with Crippen LogP contribution >= 0.6 is 0 Å². The number of likely N-dealkylation sites (N-methyl/N-ethyl adjacent to an activating group) is 1. The van der Waals surface area contributed by atoms with E-state index < -0.39 is 12.0 Å². The largest absolute Gasteiger partial charge is 0.451 e. The fourth-order valence-electron chi connectivity index (χ4n) is 2.04. The van der Waals surface area contributed by atoms with Gasteiger partial charge in [-0.1, -0.05) is 0 Å². The van der Waals surface area contributed by atoms with Gasteiger partial charge in [0.05, 0.1) is 0 Å². The van der Waals surface area contributed by atoms with Gasteiger partial charge >= 0.3 is 6.18 Å². The lowest BCUT2D eigenvalue weighted by atomic mass is 10.2. The van der Waals surface area contributed by atoms with Crippen LogP contribution in [0, 0.1) is 0 Å². The SMILES string of the molecule is CNc1cc(NC2CCN(C)C2)nc(C(F)(F)F)n1. The quantitative estimate of drug-likeness (QED) is 0.878. The molecule has 0 amide bonds. The summed E-state index contributed by atoms with van der Waals surface area (Å²) in [4.78, 5) is 9.06. The molecule has 1 aromatic rings. The van der Waals surface area contributed by atoms with Crippen LogP contribution in [0.4, 0.5) is 24.8 Å². The van der Waals surface area contributed by atoms with Gasteiger partial charge in [0.2, 0.25) is 5.82 Å². The van der Waals surface area contributed by atoms with Crippen molar-refractivity contribution in [3.8, 4) is 0 Å². The molecule has 2 heterocycles. The number of halogens is 3. The van der Waals surface area contributed by atoms with Gasteiger partial charge in [-0.05, 0) is 20.0 Å². The number of nitrogens with one attached hydrogen (secondary N) is 2. The third-order valence-corrected chi connectivity index (χ3v) is 2.98. The van der Waals surface area contributed by atoms with Crippen molar-refractivity contribution < 1.29 is 13.2 Å². The Balaban J connectivity index is 2.20. The van der Waals surface area contributed by atoms with Gasteiger partial charge in [0.1, 0.15) is 11.6 Å². The van der Waals surface area contributed by atoms with E-state index in [0.29, 0.717) is 0 Å². The van der Waals surface area contributed by atoms with E-state index in [4.69, 9.17) is 0 Å². The summed E-state index contributed by atoms with van der Waals surface area (Å²) in [6.45, 7) is 1.72. The van der Waals surface area contributed by atoms with Gasteiger partial charge in [0, 0.05) is 25.7 Å². The summed E-state index contributed by atoms with van der Waals surface area (Å²) in [7, 11) is 3.50. The number of rotatable bonds is 3. The van der Waals surface area contributed by atoms with Crippen LogP contribution in [0.25, 0.3) is 0 Å². The molecular weight excluding hydrogens is 259 g/mol. The Morgan fingerprint density at radius 2 is 2.00 bits per heavy atom. The Morgan fingerprint density at radius 3 is 2.53 bits per heavy atom. The zero-order valence-corrected chi connectivity index (χ0v) is 10.8. The van der Waals surface area contributed by atoms with E-state index in [2.05, 4.69) is 25.5 Å². The number of nitrogens with zero attached hydrogens (tertiary/aromatic N) is 3. The Hall–Kier alpha value is -1.57. The third-order valence-electron chi connectivity index (χ3n) is 2.98. The van der Waals surface area contributed by atoms with E-state index in [1.165, 1.54) is 13.1 Å². The molecule has 0 spiro atoms. The molecule has 106 valence electrons. The predicted molar refractivity (Wildman–Crippen MR) is 66.1 cm³/mol. The molecule has 1 atom stereocenters. The smallest absolute Gasteiger partial charge is 0.373 e. The van der Waals surface area contributed by atoms with E-state index in [0.717, 1.165) is 19.5 Å². The number of hydrogen-bond acceptors (Lipinski definition) is 5. The minimum absolute atomic E-state index is 0.116. The molecule has 2 rings (SSSR count). The normalized spacial score (nSPS) is 20.6. The summed E-state index contributed by atoms with van der Waals surface area (Å²) in [5, 5.41) is 5.64. The summed E-state index contributed by atoms with van der Waals surface area (Å²) < 4.78 is 38.0. The Kier molecular flexibility index (Phi) is 3.79. The van der Waals surface area contributed by atoms with E-state index in [9.17, 15) is 13.2 Å². The lowest BCUT2D eigenvalue weighted by Gasteiger charge is -2.15. The maximum Gasteiger partial charge on any atom is 0.451 e. The zero-order chi connectivity index (χ0) is 14.0. The van der Waals surface area contributed by atoms with E-state index in [-0.39, 0.29) is 17.7 Å². The van der Waals surface area contributed by atoms with Crippen LogP contribution in [-0.4, -0.2) is 48.1 Å². The molecule has 5 nitrogen and oxygen atoms in total. The first kappa shape index (κ1) is 13.9. The molecule has 0 aliphatic carbocycles. The molecule has 1 fully saturated rings. The number of likely N-dealkylation sites (tertiary alicyclic amines) is 1. The van der Waals surface area contributed by atoms with E-state index >= 15 is 0 Å². The van der Waals surface area contributed by atoms with Gasteiger partial charge in [-0.25, -0.2) is 9.97 Å². The average Bonchev–Trinajstić information content (AvgIpc) is 2.73. The lowest BCUT2D eigenvalue weighted by Crippen LogP contribution is -2.25. The summed E-state index contributed by atoms with van der Waals surface area (Å²) in [5.41, 5.74) is 0. The van der Waals surface area contributed by atoms with Crippen molar-refractivity contribution in [2.24, 2.45) is 0 Å². The molecule has 8 heteroatoms. The van der Waals surface area contributed by atoms with Gasteiger partial charge in [0.25, 0.3) is 0 Å². The molecule has 2 N–H and O–H groups in total. The molecular formula is C11H16F3N5. The molecule has 1 saturated heterocycles. The van der Waals surface area contributed by atoms with Crippen LogP contribution in [0.5, 0.6) is 0 Å². The molecule has 0 radical (unpaired) electrons. The lowest BCUT2D eigenvalue weighted by molar-refractivity contribution is -0.144. The van der Waals surface area contributed by atoms with Crippen LogP contribution in [0.2, 0.25) is 0 Å². The number of anilines is 2. The highest BCUT2D eigenvalue weighted by Gasteiger charge is 2.35. The molecule has 1 aliphatic rings. The Morgan fingerprint density at radius 1 is 1.32 bits per heavy atom. The van der Waals surface area contributed by atoms with E-state index in [1.54, 1.807) is 0 Å². The second-order valence-corrected chi connectivity index (χ2v) is 4.60. The first-order valence-electron chi connectivity index (χ1n) is 5.97. The van der Waals surface area contributed by atoms with Gasteiger partial charge in [-0.15, -0.1) is 0 Å². The van der Waals surface area contributed by atoms with Crippen molar-refractivity contribution >= 4 is 11.6 Å². The topological polar surface area (TPSA) is 53.1 Å². The minimum Gasteiger partial charge on any atom is -0.373 e.